The summed E-state index contributed by atoms with van der Waals surface area (Å²) in [5, 5.41) is 1.23. The van der Waals surface area contributed by atoms with Gasteiger partial charge in [0.25, 0.3) is 0 Å². The molecule has 2 aromatic rings. The number of fused-ring (bicyclic) bond motifs is 1. The summed E-state index contributed by atoms with van der Waals surface area (Å²) in [6.07, 6.45) is 2.37. The number of hydrogen-bond donors (Lipinski definition) is 0. The van der Waals surface area contributed by atoms with Gasteiger partial charge in [-0.3, -0.25) is 0 Å². The van der Waals surface area contributed by atoms with Crippen LogP contribution in [0.25, 0.3) is 10.9 Å². The third-order valence-electron chi connectivity index (χ3n) is 7.50. The van der Waals surface area contributed by atoms with Gasteiger partial charge in [0.1, 0.15) is 0 Å². The van der Waals surface area contributed by atoms with Gasteiger partial charge in [0.05, 0.1) is 11.2 Å². The molecule has 0 saturated carbocycles. The van der Waals surface area contributed by atoms with Crippen LogP contribution in [0.2, 0.25) is 16.6 Å². The highest BCUT2D eigenvalue weighted by Gasteiger charge is 2.53. The predicted molar refractivity (Wildman–Crippen MR) is 132 cm³/mol. The standard InChI is InChI=1S/C23H37BBrNO2Si/c1-15(2)29(16(3)4,17(5)6)26-14-20(19-13-18(25)11-12-21(19)26)24-27-22(7,8)23(9,10)28-24/h11-17H,1-10H3. The van der Waals surface area contributed by atoms with Gasteiger partial charge in [0.2, 0.25) is 0 Å². The monoisotopic (exact) mass is 477 g/mol. The SMILES string of the molecule is CC(C)[Si](C(C)C)(C(C)C)n1cc(B2OC(C)(C)C(C)(C)O2)c2cc(Br)ccc21. The molecule has 0 atom stereocenters. The maximum atomic E-state index is 6.47. The van der Waals surface area contributed by atoms with E-state index in [1.165, 1.54) is 10.9 Å². The van der Waals surface area contributed by atoms with Crippen LogP contribution in [0, 0.1) is 0 Å². The van der Waals surface area contributed by atoms with Crippen molar-refractivity contribution in [2.24, 2.45) is 0 Å². The fourth-order valence-electron chi connectivity index (χ4n) is 5.54. The Balaban J connectivity index is 2.29. The van der Waals surface area contributed by atoms with Crippen LogP contribution in [0.15, 0.2) is 28.9 Å². The van der Waals surface area contributed by atoms with Crippen LogP contribution >= 0.6 is 15.9 Å². The smallest absolute Gasteiger partial charge is 0.399 e. The minimum Gasteiger partial charge on any atom is -0.399 e. The summed E-state index contributed by atoms with van der Waals surface area (Å²) in [5.41, 5.74) is 3.62. The number of nitrogens with zero attached hydrogens (tertiary/aromatic N) is 1. The second-order valence-corrected chi connectivity index (χ2v) is 17.2. The summed E-state index contributed by atoms with van der Waals surface area (Å²) in [6.45, 7) is 22.9. The molecule has 0 spiro atoms. The first-order chi connectivity index (χ1) is 13.3. The molecule has 0 N–H and O–H groups in total. The van der Waals surface area contributed by atoms with Gasteiger partial charge in [-0.1, -0.05) is 57.5 Å². The Labute approximate surface area is 186 Å². The second-order valence-electron chi connectivity index (χ2n) is 10.6. The first kappa shape index (κ1) is 23.1. The summed E-state index contributed by atoms with van der Waals surface area (Å²) in [5.74, 6) is 0. The van der Waals surface area contributed by atoms with Crippen LogP contribution in [0.1, 0.15) is 69.2 Å². The lowest BCUT2D eigenvalue weighted by atomic mass is 9.79. The topological polar surface area (TPSA) is 23.4 Å². The first-order valence-corrected chi connectivity index (χ1v) is 13.9. The quantitative estimate of drug-likeness (QED) is 0.445. The van der Waals surface area contributed by atoms with Gasteiger partial charge >= 0.3 is 7.12 Å². The molecule has 0 amide bonds. The van der Waals surface area contributed by atoms with Crippen LogP contribution in [0.4, 0.5) is 0 Å². The van der Waals surface area contributed by atoms with Crippen molar-refractivity contribution in [2.75, 3.05) is 0 Å². The number of aromatic nitrogens is 1. The largest absolute Gasteiger partial charge is 0.497 e. The van der Waals surface area contributed by atoms with Crippen molar-refractivity contribution >= 4 is 47.6 Å². The van der Waals surface area contributed by atoms with Crippen molar-refractivity contribution in [3.63, 3.8) is 0 Å². The van der Waals surface area contributed by atoms with E-state index in [-0.39, 0.29) is 18.3 Å². The molecule has 6 heteroatoms. The molecular formula is C23H37BBrNO2Si. The molecule has 160 valence electrons. The Kier molecular flexibility index (Phi) is 6.01. The Bertz CT molecular complexity index is 866. The molecule has 1 saturated heterocycles. The molecule has 29 heavy (non-hydrogen) atoms. The van der Waals surface area contributed by atoms with E-state index in [9.17, 15) is 0 Å². The highest BCUT2D eigenvalue weighted by atomic mass is 79.9. The third kappa shape index (κ3) is 3.48. The van der Waals surface area contributed by atoms with E-state index in [4.69, 9.17) is 9.31 Å². The summed E-state index contributed by atoms with van der Waals surface area (Å²) in [4.78, 5) is 0. The van der Waals surface area contributed by atoms with E-state index < -0.39 is 8.24 Å². The van der Waals surface area contributed by atoms with Gasteiger partial charge in [-0.05, 0) is 74.1 Å². The van der Waals surface area contributed by atoms with E-state index in [1.807, 2.05) is 0 Å². The zero-order valence-electron chi connectivity index (χ0n) is 19.8. The van der Waals surface area contributed by atoms with E-state index in [2.05, 4.69) is 114 Å². The second kappa shape index (κ2) is 7.54. The van der Waals surface area contributed by atoms with E-state index in [0.29, 0.717) is 16.6 Å². The fourth-order valence-corrected chi connectivity index (χ4v) is 12.5. The molecule has 3 rings (SSSR count). The highest BCUT2D eigenvalue weighted by molar-refractivity contribution is 9.10. The van der Waals surface area contributed by atoms with Gasteiger partial charge in [0.15, 0.2) is 8.24 Å². The summed E-state index contributed by atoms with van der Waals surface area (Å²) in [7, 11) is -2.25. The molecular weight excluding hydrogens is 441 g/mol. The Morgan fingerprint density at radius 1 is 0.897 bits per heavy atom. The van der Waals surface area contributed by atoms with Crippen LogP contribution in [0.3, 0.4) is 0 Å². The summed E-state index contributed by atoms with van der Waals surface area (Å²) >= 11 is 3.69. The zero-order chi connectivity index (χ0) is 21.9. The number of halogens is 1. The van der Waals surface area contributed by atoms with E-state index in [0.717, 1.165) is 9.94 Å². The van der Waals surface area contributed by atoms with Crippen LogP contribution < -0.4 is 5.46 Å². The van der Waals surface area contributed by atoms with Crippen LogP contribution in [-0.4, -0.2) is 30.8 Å². The summed E-state index contributed by atoms with van der Waals surface area (Å²) < 4.78 is 16.7. The van der Waals surface area contributed by atoms with Crippen molar-refractivity contribution in [3.05, 3.63) is 28.9 Å². The highest BCUT2D eigenvalue weighted by Crippen LogP contribution is 2.45. The molecule has 1 fully saturated rings. The Morgan fingerprint density at radius 2 is 1.38 bits per heavy atom. The Morgan fingerprint density at radius 3 is 1.83 bits per heavy atom. The van der Waals surface area contributed by atoms with Crippen LogP contribution in [-0.2, 0) is 9.31 Å². The summed E-state index contributed by atoms with van der Waals surface area (Å²) in [6, 6.07) is 6.66. The molecule has 0 unspecified atom stereocenters. The number of hydrogen-bond acceptors (Lipinski definition) is 2. The molecule has 0 aliphatic carbocycles. The zero-order valence-corrected chi connectivity index (χ0v) is 22.3. The van der Waals surface area contributed by atoms with Gasteiger partial charge in [-0.2, -0.15) is 0 Å². The molecule has 1 aliphatic heterocycles. The molecule has 3 nitrogen and oxygen atoms in total. The van der Waals surface area contributed by atoms with Crippen molar-refractivity contribution in [1.82, 2.24) is 4.23 Å². The molecule has 0 bridgehead atoms. The van der Waals surface area contributed by atoms with Gasteiger partial charge in [-0.25, -0.2) is 0 Å². The van der Waals surface area contributed by atoms with Gasteiger partial charge < -0.3 is 13.5 Å². The average molecular weight is 478 g/mol. The van der Waals surface area contributed by atoms with Gasteiger partial charge in [0, 0.05) is 15.5 Å². The van der Waals surface area contributed by atoms with Crippen molar-refractivity contribution in [2.45, 2.75) is 97.1 Å². The lowest BCUT2D eigenvalue weighted by Crippen LogP contribution is -2.52. The van der Waals surface area contributed by atoms with Crippen molar-refractivity contribution < 1.29 is 9.31 Å². The maximum absolute atomic E-state index is 6.47. The molecule has 2 heterocycles. The molecule has 1 aliphatic rings. The maximum Gasteiger partial charge on any atom is 0.497 e. The average Bonchev–Trinajstić information content (AvgIpc) is 3.01. The van der Waals surface area contributed by atoms with E-state index in [1.54, 1.807) is 0 Å². The minimum atomic E-state index is -1.90. The number of benzene rings is 1. The molecule has 1 aromatic carbocycles. The number of rotatable bonds is 5. The van der Waals surface area contributed by atoms with Crippen molar-refractivity contribution in [3.8, 4) is 0 Å². The third-order valence-corrected chi connectivity index (χ3v) is 14.7. The lowest BCUT2D eigenvalue weighted by Gasteiger charge is -2.44. The molecule has 0 radical (unpaired) electrons. The van der Waals surface area contributed by atoms with E-state index >= 15 is 0 Å². The normalized spacial score (nSPS) is 19.3. The minimum absolute atomic E-state index is 0.346. The predicted octanol–water partition coefficient (Wildman–Crippen LogP) is 6.73. The fraction of sp³-hybridized carbons (Fsp3) is 0.652. The lowest BCUT2D eigenvalue weighted by molar-refractivity contribution is 0.00578. The van der Waals surface area contributed by atoms with Crippen molar-refractivity contribution in [1.29, 1.82) is 0 Å². The first-order valence-electron chi connectivity index (χ1n) is 10.9. The van der Waals surface area contributed by atoms with Gasteiger partial charge in [-0.15, -0.1) is 0 Å². The van der Waals surface area contributed by atoms with Crippen LogP contribution in [0.5, 0.6) is 0 Å². The Hall–Kier alpha value is -0.558. The molecule has 1 aromatic heterocycles.